The highest BCUT2D eigenvalue weighted by atomic mass is 35.5. The Morgan fingerprint density at radius 2 is 2.40 bits per heavy atom. The number of nitrogens with zero attached hydrogens (tertiary/aromatic N) is 1. The van der Waals surface area contributed by atoms with E-state index < -0.39 is 17.8 Å². The van der Waals surface area contributed by atoms with Crippen molar-refractivity contribution in [3.8, 4) is 0 Å². The van der Waals surface area contributed by atoms with E-state index in [1.54, 1.807) is 6.07 Å². The van der Waals surface area contributed by atoms with Gasteiger partial charge in [0.2, 0.25) is 5.90 Å². The molecule has 1 aliphatic heterocycles. The van der Waals surface area contributed by atoms with Crippen LogP contribution in [0.2, 0.25) is 5.02 Å². The van der Waals surface area contributed by atoms with Crippen molar-refractivity contribution in [1.82, 2.24) is 10.5 Å². The lowest BCUT2D eigenvalue weighted by atomic mass is 10.2. The van der Waals surface area contributed by atoms with Gasteiger partial charge in [-0.2, -0.15) is 0 Å². The van der Waals surface area contributed by atoms with E-state index in [1.807, 2.05) is 0 Å². The maximum Gasteiger partial charge on any atom is 0.271 e. The third-order valence-electron chi connectivity index (χ3n) is 2.97. The highest BCUT2D eigenvalue weighted by Gasteiger charge is 2.28. The molecule has 0 fully saturated rings. The zero-order valence-corrected chi connectivity index (χ0v) is 10.7. The van der Waals surface area contributed by atoms with Crippen LogP contribution >= 0.6 is 11.6 Å². The number of ether oxygens (including phenoxy) is 1. The molecule has 0 bridgehead atoms. The molecular weight excluding hydrogens is 289 g/mol. The van der Waals surface area contributed by atoms with Crippen molar-refractivity contribution in [3.05, 3.63) is 34.7 Å². The molecule has 1 aromatic carbocycles. The lowest BCUT2D eigenvalue weighted by Crippen LogP contribution is -2.31. The molecule has 20 heavy (non-hydrogen) atoms. The van der Waals surface area contributed by atoms with Gasteiger partial charge in [0.15, 0.2) is 6.04 Å². The molecular formula is C12H9ClFN3O3. The predicted octanol–water partition coefficient (Wildman–Crippen LogP) is 1.61. The fourth-order valence-corrected chi connectivity index (χ4v) is 2.28. The van der Waals surface area contributed by atoms with E-state index in [-0.39, 0.29) is 17.5 Å². The summed E-state index contributed by atoms with van der Waals surface area (Å²) in [6.07, 6.45) is 0. The van der Waals surface area contributed by atoms with E-state index in [0.717, 1.165) is 0 Å². The number of fused-ring (bicyclic) bond motifs is 1. The number of halogens is 2. The Morgan fingerprint density at radius 3 is 3.15 bits per heavy atom. The van der Waals surface area contributed by atoms with Crippen LogP contribution in [0.25, 0.3) is 10.9 Å². The van der Waals surface area contributed by atoms with Crippen molar-refractivity contribution in [1.29, 1.82) is 0 Å². The highest BCUT2D eigenvalue weighted by Crippen LogP contribution is 2.29. The van der Waals surface area contributed by atoms with E-state index >= 15 is 0 Å². The van der Waals surface area contributed by atoms with E-state index in [2.05, 4.69) is 9.98 Å². The molecule has 1 aliphatic rings. The second-order valence-electron chi connectivity index (χ2n) is 4.24. The number of hydroxylamine groups is 1. The van der Waals surface area contributed by atoms with Crippen molar-refractivity contribution in [2.24, 2.45) is 4.99 Å². The van der Waals surface area contributed by atoms with Crippen molar-refractivity contribution < 1.29 is 19.1 Å². The molecule has 104 valence electrons. The van der Waals surface area contributed by atoms with Gasteiger partial charge >= 0.3 is 0 Å². The van der Waals surface area contributed by atoms with Crippen molar-refractivity contribution in [3.63, 3.8) is 0 Å². The Morgan fingerprint density at radius 1 is 1.60 bits per heavy atom. The summed E-state index contributed by atoms with van der Waals surface area (Å²) in [5.41, 5.74) is 2.52. The third-order valence-corrected chi connectivity index (χ3v) is 3.37. The van der Waals surface area contributed by atoms with Gasteiger partial charge in [-0.1, -0.05) is 11.6 Å². The second kappa shape index (κ2) is 4.77. The molecule has 0 spiro atoms. The van der Waals surface area contributed by atoms with E-state index in [9.17, 15) is 9.18 Å². The number of hydrogen-bond donors (Lipinski definition) is 3. The second-order valence-corrected chi connectivity index (χ2v) is 4.62. The minimum atomic E-state index is -0.839. The fraction of sp³-hybridized carbons (Fsp3) is 0.167. The molecule has 3 rings (SSSR count). The van der Waals surface area contributed by atoms with E-state index in [0.29, 0.717) is 16.6 Å². The van der Waals surface area contributed by atoms with Crippen molar-refractivity contribution in [2.45, 2.75) is 6.04 Å². The summed E-state index contributed by atoms with van der Waals surface area (Å²) < 4.78 is 18.5. The fourth-order valence-electron chi connectivity index (χ4n) is 2.00. The molecule has 1 aromatic heterocycles. The third kappa shape index (κ3) is 2.00. The van der Waals surface area contributed by atoms with Crippen LogP contribution < -0.4 is 5.48 Å². The molecule has 0 aliphatic carbocycles. The monoisotopic (exact) mass is 297 g/mol. The maximum atomic E-state index is 13.2. The zero-order valence-electron chi connectivity index (χ0n) is 9.98. The molecule has 2 aromatic rings. The average Bonchev–Trinajstić information content (AvgIpc) is 3.04. The summed E-state index contributed by atoms with van der Waals surface area (Å²) >= 11 is 6.16. The number of nitrogens with one attached hydrogen (secondary N) is 2. The Bertz CT molecular complexity index is 728. The molecule has 1 amide bonds. The minimum absolute atomic E-state index is 0.00177. The lowest BCUT2D eigenvalue weighted by Gasteiger charge is -2.00. The molecule has 1 atom stereocenters. The molecule has 1 unspecified atom stereocenters. The van der Waals surface area contributed by atoms with Gasteiger partial charge in [0.05, 0.1) is 5.02 Å². The summed E-state index contributed by atoms with van der Waals surface area (Å²) in [7, 11) is 0. The van der Waals surface area contributed by atoms with E-state index in [4.69, 9.17) is 21.5 Å². The molecule has 0 saturated heterocycles. The van der Waals surface area contributed by atoms with Crippen LogP contribution in [-0.4, -0.2) is 34.6 Å². The predicted molar refractivity (Wildman–Crippen MR) is 69.5 cm³/mol. The number of aromatic amines is 1. The van der Waals surface area contributed by atoms with Gasteiger partial charge in [0.25, 0.3) is 5.91 Å². The van der Waals surface area contributed by atoms with E-state index in [1.165, 1.54) is 17.6 Å². The number of carbonyl (C=O) groups is 1. The Kier molecular flexibility index (Phi) is 3.07. The zero-order chi connectivity index (χ0) is 14.3. The Hall–Kier alpha value is -2.12. The summed E-state index contributed by atoms with van der Waals surface area (Å²) in [5.74, 6) is -0.921. The molecule has 2 heterocycles. The number of aromatic nitrogens is 1. The quantitative estimate of drug-likeness (QED) is 0.581. The summed E-state index contributed by atoms with van der Waals surface area (Å²) in [4.78, 5) is 18.2. The topological polar surface area (TPSA) is 86.7 Å². The van der Waals surface area contributed by atoms with Crippen LogP contribution in [-0.2, 0) is 9.53 Å². The average molecular weight is 298 g/mol. The van der Waals surface area contributed by atoms with Crippen LogP contribution in [0.15, 0.2) is 23.2 Å². The maximum absolute atomic E-state index is 13.2. The molecule has 0 radical (unpaired) electrons. The lowest BCUT2D eigenvalue weighted by molar-refractivity contribution is -0.130. The SMILES string of the molecule is O=C(NO)C1COC(c2[nH]c3ccc(F)cc3c2Cl)=N1. The molecule has 6 nitrogen and oxygen atoms in total. The summed E-state index contributed by atoms with van der Waals surface area (Å²) in [5, 5.41) is 9.32. The largest absolute Gasteiger partial charge is 0.474 e. The van der Waals surface area contributed by atoms with Crippen LogP contribution in [0.3, 0.4) is 0 Å². The first kappa shape index (κ1) is 12.9. The number of aliphatic imine (C=N–C) groups is 1. The summed E-state index contributed by atoms with van der Waals surface area (Å²) in [6, 6.07) is 3.31. The van der Waals surface area contributed by atoms with Gasteiger partial charge in [-0.3, -0.25) is 10.0 Å². The molecule has 3 N–H and O–H groups in total. The van der Waals surface area contributed by atoms with Crippen molar-refractivity contribution in [2.75, 3.05) is 6.61 Å². The van der Waals surface area contributed by atoms with Gasteiger partial charge in [-0.05, 0) is 18.2 Å². The van der Waals surface area contributed by atoms with Gasteiger partial charge in [0.1, 0.15) is 18.1 Å². The van der Waals surface area contributed by atoms with Gasteiger partial charge in [0, 0.05) is 10.9 Å². The number of hydrogen-bond acceptors (Lipinski definition) is 4. The normalized spacial score (nSPS) is 17.9. The number of carbonyl (C=O) groups excluding carboxylic acids is 1. The number of benzene rings is 1. The smallest absolute Gasteiger partial charge is 0.271 e. The number of rotatable bonds is 2. The van der Waals surface area contributed by atoms with Crippen LogP contribution in [0.4, 0.5) is 4.39 Å². The number of H-pyrrole nitrogens is 1. The standard InChI is InChI=1S/C12H9ClFN3O3/c13-9-6-3-5(14)1-2-7(6)15-10(9)12-16-8(4-20-12)11(18)17-19/h1-3,8,15,19H,4H2,(H,17,18). The Balaban J connectivity index is 2.03. The minimum Gasteiger partial charge on any atom is -0.474 e. The first-order chi connectivity index (χ1) is 9.60. The Labute approximate surface area is 117 Å². The first-order valence-electron chi connectivity index (χ1n) is 5.72. The van der Waals surface area contributed by atoms with Gasteiger partial charge < -0.3 is 9.72 Å². The highest BCUT2D eigenvalue weighted by molar-refractivity contribution is 6.38. The molecule has 0 saturated carbocycles. The molecule has 8 heteroatoms. The number of amides is 1. The van der Waals surface area contributed by atoms with Crippen LogP contribution in [0, 0.1) is 5.82 Å². The summed E-state index contributed by atoms with van der Waals surface area (Å²) in [6.45, 7) is 0.00177. The van der Waals surface area contributed by atoms with Gasteiger partial charge in [-0.25, -0.2) is 14.9 Å². The van der Waals surface area contributed by atoms with Crippen molar-refractivity contribution >= 4 is 34.3 Å². The van der Waals surface area contributed by atoms with Gasteiger partial charge in [-0.15, -0.1) is 0 Å². The first-order valence-corrected chi connectivity index (χ1v) is 6.09. The van der Waals surface area contributed by atoms with Crippen LogP contribution in [0.5, 0.6) is 0 Å². The van der Waals surface area contributed by atoms with Crippen LogP contribution in [0.1, 0.15) is 5.69 Å².